The lowest BCUT2D eigenvalue weighted by atomic mass is 10.0. The number of nitrogens with one attached hydrogen (secondary N) is 1. The lowest BCUT2D eigenvalue weighted by Gasteiger charge is -2.04. The van der Waals surface area contributed by atoms with Crippen LogP contribution in [-0.4, -0.2) is 15.2 Å². The Morgan fingerprint density at radius 2 is 2.00 bits per heavy atom. The van der Waals surface area contributed by atoms with E-state index in [2.05, 4.69) is 47.2 Å². The van der Waals surface area contributed by atoms with Crippen LogP contribution in [0.1, 0.15) is 28.3 Å². The summed E-state index contributed by atoms with van der Waals surface area (Å²) in [4.78, 5) is 4.31. The fraction of sp³-hybridized carbons (Fsp3) is 0.333. The molecule has 0 saturated carbocycles. The second-order valence-corrected chi connectivity index (χ2v) is 3.94. The van der Waals surface area contributed by atoms with Crippen LogP contribution in [0.5, 0.6) is 0 Å². The van der Waals surface area contributed by atoms with Crippen molar-refractivity contribution in [2.45, 2.75) is 27.2 Å². The van der Waals surface area contributed by atoms with Crippen LogP contribution < -0.4 is 0 Å². The molecule has 78 valence electrons. The van der Waals surface area contributed by atoms with E-state index in [0.29, 0.717) is 0 Å². The maximum absolute atomic E-state index is 4.31. The Kier molecular flexibility index (Phi) is 2.54. The molecule has 0 amide bonds. The molecule has 0 bridgehead atoms. The Balaban J connectivity index is 2.27. The fourth-order valence-corrected chi connectivity index (χ4v) is 1.63. The Labute approximate surface area is 89.6 Å². The van der Waals surface area contributed by atoms with Gasteiger partial charge in [-0.15, -0.1) is 0 Å². The number of rotatable bonds is 2. The minimum atomic E-state index is 0.803. The van der Waals surface area contributed by atoms with Crippen LogP contribution in [0.3, 0.4) is 0 Å². The largest absolute Gasteiger partial charge is 0.263 e. The summed E-state index contributed by atoms with van der Waals surface area (Å²) in [5, 5.41) is 7.01. The van der Waals surface area contributed by atoms with Crippen molar-refractivity contribution in [2.75, 3.05) is 0 Å². The van der Waals surface area contributed by atoms with E-state index in [1.807, 2.05) is 6.92 Å². The molecule has 0 radical (unpaired) electrons. The zero-order chi connectivity index (χ0) is 10.8. The summed E-state index contributed by atoms with van der Waals surface area (Å²) in [7, 11) is 0. The summed E-state index contributed by atoms with van der Waals surface area (Å²) in [5.41, 5.74) is 3.87. The number of aryl methyl sites for hydroxylation is 3. The average molecular weight is 201 g/mol. The van der Waals surface area contributed by atoms with Gasteiger partial charge in [0.05, 0.1) is 0 Å². The first-order valence-corrected chi connectivity index (χ1v) is 5.09. The van der Waals surface area contributed by atoms with Gasteiger partial charge in [-0.3, -0.25) is 5.10 Å². The maximum atomic E-state index is 4.31. The van der Waals surface area contributed by atoms with Crippen LogP contribution >= 0.6 is 0 Å². The molecular formula is C12H15N3. The van der Waals surface area contributed by atoms with Crippen molar-refractivity contribution in [2.24, 2.45) is 0 Å². The predicted molar refractivity (Wildman–Crippen MR) is 59.8 cm³/mol. The monoisotopic (exact) mass is 201 g/mol. The van der Waals surface area contributed by atoms with Crippen molar-refractivity contribution in [1.29, 1.82) is 0 Å². The van der Waals surface area contributed by atoms with Gasteiger partial charge in [0.15, 0.2) is 5.82 Å². The van der Waals surface area contributed by atoms with E-state index in [9.17, 15) is 0 Å². The molecular weight excluding hydrogens is 186 g/mol. The molecule has 0 fully saturated rings. The fourth-order valence-electron chi connectivity index (χ4n) is 1.63. The number of hydrogen-bond donors (Lipinski definition) is 1. The van der Waals surface area contributed by atoms with Crippen molar-refractivity contribution in [3.63, 3.8) is 0 Å². The Morgan fingerprint density at radius 1 is 1.20 bits per heavy atom. The van der Waals surface area contributed by atoms with Crippen LogP contribution in [0, 0.1) is 20.8 Å². The molecule has 3 nitrogen and oxygen atoms in total. The first-order valence-electron chi connectivity index (χ1n) is 5.09. The minimum absolute atomic E-state index is 0.803. The van der Waals surface area contributed by atoms with Crippen molar-refractivity contribution in [3.8, 4) is 0 Å². The Morgan fingerprint density at radius 3 is 2.67 bits per heavy atom. The van der Waals surface area contributed by atoms with Crippen LogP contribution in [0.4, 0.5) is 0 Å². The molecule has 1 aromatic heterocycles. The molecule has 15 heavy (non-hydrogen) atoms. The third kappa shape index (κ3) is 2.24. The molecule has 3 heteroatoms. The molecule has 0 unspecified atom stereocenters. The third-order valence-electron chi connectivity index (χ3n) is 2.50. The number of aromatic amines is 1. The normalized spacial score (nSPS) is 10.6. The first kappa shape index (κ1) is 9.90. The lowest BCUT2D eigenvalue weighted by molar-refractivity contribution is 0.962. The van der Waals surface area contributed by atoms with Crippen molar-refractivity contribution in [1.82, 2.24) is 15.2 Å². The molecule has 0 aliphatic carbocycles. The van der Waals surface area contributed by atoms with Crippen molar-refractivity contribution in [3.05, 3.63) is 46.5 Å². The minimum Gasteiger partial charge on any atom is -0.263 e. The van der Waals surface area contributed by atoms with E-state index in [0.717, 1.165) is 18.1 Å². The van der Waals surface area contributed by atoms with Gasteiger partial charge >= 0.3 is 0 Å². The molecule has 1 N–H and O–H groups in total. The molecule has 0 atom stereocenters. The van der Waals surface area contributed by atoms with Crippen LogP contribution in [0.15, 0.2) is 18.2 Å². The van der Waals surface area contributed by atoms with E-state index in [1.54, 1.807) is 0 Å². The summed E-state index contributed by atoms with van der Waals surface area (Å²) in [6, 6.07) is 6.47. The van der Waals surface area contributed by atoms with Crippen LogP contribution in [-0.2, 0) is 6.42 Å². The maximum Gasteiger partial charge on any atom is 0.155 e. The zero-order valence-electron chi connectivity index (χ0n) is 9.33. The second kappa shape index (κ2) is 3.85. The van der Waals surface area contributed by atoms with E-state index in [4.69, 9.17) is 0 Å². The lowest BCUT2D eigenvalue weighted by Crippen LogP contribution is -1.94. The summed E-state index contributed by atoms with van der Waals surface area (Å²) in [5.74, 6) is 1.73. The highest BCUT2D eigenvalue weighted by Gasteiger charge is 2.04. The number of nitrogens with zero attached hydrogens (tertiary/aromatic N) is 2. The van der Waals surface area contributed by atoms with Gasteiger partial charge in [-0.1, -0.05) is 23.8 Å². The number of H-pyrrole nitrogens is 1. The van der Waals surface area contributed by atoms with Gasteiger partial charge in [0.25, 0.3) is 0 Å². The number of hydrogen-bond acceptors (Lipinski definition) is 2. The Bertz CT molecular complexity index is 471. The number of benzene rings is 1. The van der Waals surface area contributed by atoms with E-state index >= 15 is 0 Å². The predicted octanol–water partition coefficient (Wildman–Crippen LogP) is 2.32. The Hall–Kier alpha value is -1.64. The van der Waals surface area contributed by atoms with Crippen LogP contribution in [0.2, 0.25) is 0 Å². The molecule has 0 spiro atoms. The van der Waals surface area contributed by atoms with Gasteiger partial charge in [-0.05, 0) is 31.9 Å². The molecule has 2 rings (SSSR count). The molecule has 0 saturated heterocycles. The highest BCUT2D eigenvalue weighted by molar-refractivity contribution is 5.32. The van der Waals surface area contributed by atoms with Crippen LogP contribution in [0.25, 0.3) is 0 Å². The van der Waals surface area contributed by atoms with Crippen molar-refractivity contribution < 1.29 is 0 Å². The highest BCUT2D eigenvalue weighted by atomic mass is 15.2. The highest BCUT2D eigenvalue weighted by Crippen LogP contribution is 2.13. The summed E-state index contributed by atoms with van der Waals surface area (Å²) in [6.45, 7) is 6.14. The summed E-state index contributed by atoms with van der Waals surface area (Å²) < 4.78 is 0. The quantitative estimate of drug-likeness (QED) is 0.810. The van der Waals surface area contributed by atoms with Gasteiger partial charge in [0.1, 0.15) is 5.82 Å². The molecule has 0 aliphatic heterocycles. The smallest absolute Gasteiger partial charge is 0.155 e. The second-order valence-electron chi connectivity index (χ2n) is 3.94. The van der Waals surface area contributed by atoms with Gasteiger partial charge in [0.2, 0.25) is 0 Å². The molecule has 0 aliphatic rings. The van der Waals surface area contributed by atoms with Gasteiger partial charge in [-0.2, -0.15) is 5.10 Å². The third-order valence-corrected chi connectivity index (χ3v) is 2.50. The topological polar surface area (TPSA) is 41.6 Å². The molecule has 2 aromatic rings. The van der Waals surface area contributed by atoms with Gasteiger partial charge < -0.3 is 0 Å². The van der Waals surface area contributed by atoms with Crippen molar-refractivity contribution >= 4 is 0 Å². The zero-order valence-corrected chi connectivity index (χ0v) is 9.33. The summed E-state index contributed by atoms with van der Waals surface area (Å²) in [6.07, 6.45) is 0.803. The average Bonchev–Trinajstić information content (AvgIpc) is 2.58. The SMILES string of the molecule is Cc1ccc(C)c(Cc2n[nH]c(C)n2)c1. The molecule has 1 aromatic carbocycles. The van der Waals surface area contributed by atoms with Gasteiger partial charge in [-0.25, -0.2) is 4.98 Å². The first-order chi connectivity index (χ1) is 7.15. The standard InChI is InChI=1S/C12H15N3/c1-8-4-5-9(2)11(6-8)7-12-13-10(3)14-15-12/h4-6H,7H2,1-3H3,(H,13,14,15). The molecule has 1 heterocycles. The van der Waals surface area contributed by atoms with E-state index in [-0.39, 0.29) is 0 Å². The summed E-state index contributed by atoms with van der Waals surface area (Å²) >= 11 is 0. The van der Waals surface area contributed by atoms with E-state index in [1.165, 1.54) is 16.7 Å². The van der Waals surface area contributed by atoms with Gasteiger partial charge in [0, 0.05) is 6.42 Å². The van der Waals surface area contributed by atoms with E-state index < -0.39 is 0 Å². The number of aromatic nitrogens is 3.